The van der Waals surface area contributed by atoms with Crippen LogP contribution in [0.15, 0.2) is 84.3 Å². The van der Waals surface area contributed by atoms with E-state index in [2.05, 4.69) is 19.8 Å². The number of aromatic nitrogens is 4. The van der Waals surface area contributed by atoms with E-state index in [4.69, 9.17) is 4.74 Å². The molecule has 0 saturated heterocycles. The summed E-state index contributed by atoms with van der Waals surface area (Å²) in [4.78, 5) is 7.83. The number of ether oxygens (including phenoxy) is 1. The topological polar surface area (TPSA) is 99.0 Å². The van der Waals surface area contributed by atoms with Gasteiger partial charge in [0.15, 0.2) is 5.82 Å². The Morgan fingerprint density at radius 3 is 2.31 bits per heavy atom. The molecule has 0 radical (unpaired) electrons. The quantitative estimate of drug-likeness (QED) is 0.460. The van der Waals surface area contributed by atoms with Gasteiger partial charge in [-0.3, -0.25) is 4.72 Å². The maximum absolute atomic E-state index is 12.7. The fraction of sp³-hybridized carbons (Fsp3) is 0.0500. The van der Waals surface area contributed by atoms with E-state index in [1.54, 1.807) is 24.5 Å². The van der Waals surface area contributed by atoms with E-state index < -0.39 is 21.8 Å². The number of rotatable bonds is 6. The summed E-state index contributed by atoms with van der Waals surface area (Å²) >= 11 is 0. The number of benzene rings is 2. The molecule has 2 aromatic carbocycles. The number of hydrogen-bond donors (Lipinski definition) is 1. The summed E-state index contributed by atoms with van der Waals surface area (Å²) < 4.78 is 72.4. The zero-order valence-corrected chi connectivity index (χ0v) is 16.9. The van der Waals surface area contributed by atoms with Gasteiger partial charge in [-0.25, -0.2) is 23.1 Å². The summed E-state index contributed by atoms with van der Waals surface area (Å²) in [5, 5.41) is 4.07. The molecular weight excluding hydrogens is 447 g/mol. The van der Waals surface area contributed by atoms with Crippen molar-refractivity contribution >= 4 is 15.7 Å². The molecule has 0 aliphatic rings. The van der Waals surface area contributed by atoms with Gasteiger partial charge in [0.1, 0.15) is 12.1 Å². The first-order valence-corrected chi connectivity index (χ1v) is 10.5. The molecule has 0 amide bonds. The first-order chi connectivity index (χ1) is 15.2. The lowest BCUT2D eigenvalue weighted by molar-refractivity contribution is -0.137. The molecule has 12 heteroatoms. The second-order valence-electron chi connectivity index (χ2n) is 6.42. The van der Waals surface area contributed by atoms with E-state index >= 15 is 0 Å². The number of halogens is 3. The molecule has 0 saturated carbocycles. The maximum atomic E-state index is 12.7. The van der Waals surface area contributed by atoms with Crippen molar-refractivity contribution in [2.45, 2.75) is 11.1 Å². The molecule has 164 valence electrons. The first-order valence-electron chi connectivity index (χ1n) is 9.01. The van der Waals surface area contributed by atoms with Gasteiger partial charge in [-0.05, 0) is 54.6 Å². The normalized spacial score (nSPS) is 11.8. The van der Waals surface area contributed by atoms with Gasteiger partial charge in [0.2, 0.25) is 5.88 Å². The maximum Gasteiger partial charge on any atom is 0.416 e. The Labute approximate surface area is 180 Å². The Hall–Kier alpha value is -3.93. The molecule has 0 aliphatic heterocycles. The second kappa shape index (κ2) is 8.30. The minimum atomic E-state index is -4.55. The van der Waals surface area contributed by atoms with Crippen LogP contribution in [-0.4, -0.2) is 28.2 Å². The van der Waals surface area contributed by atoms with E-state index in [1.165, 1.54) is 35.3 Å². The summed E-state index contributed by atoms with van der Waals surface area (Å²) in [6, 6.07) is 12.5. The van der Waals surface area contributed by atoms with Crippen LogP contribution < -0.4 is 9.46 Å². The van der Waals surface area contributed by atoms with E-state index in [9.17, 15) is 21.6 Å². The van der Waals surface area contributed by atoms with Gasteiger partial charge >= 0.3 is 6.18 Å². The highest BCUT2D eigenvalue weighted by molar-refractivity contribution is 7.92. The second-order valence-corrected chi connectivity index (χ2v) is 8.10. The highest BCUT2D eigenvalue weighted by atomic mass is 32.2. The van der Waals surface area contributed by atoms with Crippen molar-refractivity contribution in [3.63, 3.8) is 0 Å². The summed E-state index contributed by atoms with van der Waals surface area (Å²) in [6.07, 6.45) is 0.0874. The average molecular weight is 461 g/mol. The smallest absolute Gasteiger partial charge is 0.416 e. The van der Waals surface area contributed by atoms with Gasteiger partial charge in [-0.15, -0.1) is 0 Å². The lowest BCUT2D eigenvalue weighted by Gasteiger charge is -2.11. The van der Waals surface area contributed by atoms with Gasteiger partial charge in [0.25, 0.3) is 10.0 Å². The monoisotopic (exact) mass is 461 g/mol. The van der Waals surface area contributed by atoms with Crippen molar-refractivity contribution in [1.29, 1.82) is 0 Å². The van der Waals surface area contributed by atoms with Crippen LogP contribution in [0.25, 0.3) is 5.82 Å². The molecule has 32 heavy (non-hydrogen) atoms. The molecule has 4 aromatic rings. The van der Waals surface area contributed by atoms with Gasteiger partial charge < -0.3 is 4.74 Å². The number of sulfonamides is 1. The number of hydrogen-bond acceptors (Lipinski definition) is 6. The van der Waals surface area contributed by atoms with E-state index in [1.807, 2.05) is 0 Å². The Bertz CT molecular complexity index is 1310. The highest BCUT2D eigenvalue weighted by Gasteiger charge is 2.30. The van der Waals surface area contributed by atoms with Crippen LogP contribution in [0.1, 0.15) is 5.56 Å². The lowest BCUT2D eigenvalue weighted by atomic mass is 10.2. The minimum Gasteiger partial charge on any atom is -0.439 e. The predicted octanol–water partition coefficient (Wildman–Crippen LogP) is 4.27. The number of alkyl halides is 3. The third-order valence-electron chi connectivity index (χ3n) is 4.19. The Morgan fingerprint density at radius 1 is 0.969 bits per heavy atom. The zero-order chi connectivity index (χ0) is 22.8. The molecule has 2 heterocycles. The SMILES string of the molecule is O=S(=O)(Nc1ccc(Oc2cc(-n3cccn3)ncn2)cc1)c1ccc(C(F)(F)F)cc1. The van der Waals surface area contributed by atoms with Crippen molar-refractivity contribution in [2.75, 3.05) is 4.72 Å². The molecule has 0 unspecified atom stereocenters. The summed E-state index contributed by atoms with van der Waals surface area (Å²) in [7, 11) is -4.07. The molecule has 0 atom stereocenters. The van der Waals surface area contributed by atoms with Crippen LogP contribution in [0.5, 0.6) is 11.6 Å². The standard InChI is InChI=1S/C20H14F3N5O3S/c21-20(22,23)14-2-8-17(9-3-14)32(29,30)27-15-4-6-16(7-5-15)31-19-12-18(24-13-25-19)28-11-1-10-26-28/h1-13,27H. The van der Waals surface area contributed by atoms with Gasteiger partial charge in [0.05, 0.1) is 10.5 Å². The van der Waals surface area contributed by atoms with Gasteiger partial charge in [-0.2, -0.15) is 18.3 Å². The highest BCUT2D eigenvalue weighted by Crippen LogP contribution is 2.30. The molecular formula is C20H14F3N5O3S. The fourth-order valence-electron chi connectivity index (χ4n) is 2.66. The van der Waals surface area contributed by atoms with E-state index in [0.29, 0.717) is 23.7 Å². The molecule has 8 nitrogen and oxygen atoms in total. The van der Waals surface area contributed by atoms with Crippen molar-refractivity contribution in [1.82, 2.24) is 19.7 Å². The summed E-state index contributed by atoms with van der Waals surface area (Å²) in [5.41, 5.74) is -0.726. The van der Waals surface area contributed by atoms with Crippen molar-refractivity contribution in [3.05, 3.63) is 84.9 Å². The largest absolute Gasteiger partial charge is 0.439 e. The van der Waals surface area contributed by atoms with E-state index in [-0.39, 0.29) is 16.5 Å². The van der Waals surface area contributed by atoms with Crippen LogP contribution in [0.4, 0.5) is 18.9 Å². The molecule has 0 aliphatic carbocycles. The first kappa shape index (κ1) is 21.3. The van der Waals surface area contributed by atoms with Gasteiger partial charge in [-0.1, -0.05) is 0 Å². The van der Waals surface area contributed by atoms with E-state index in [0.717, 1.165) is 12.1 Å². The number of nitrogens with zero attached hydrogens (tertiary/aromatic N) is 4. The zero-order valence-electron chi connectivity index (χ0n) is 16.1. The molecule has 0 spiro atoms. The molecule has 0 fully saturated rings. The summed E-state index contributed by atoms with van der Waals surface area (Å²) in [6.45, 7) is 0. The number of nitrogens with one attached hydrogen (secondary N) is 1. The Morgan fingerprint density at radius 2 is 1.69 bits per heavy atom. The molecule has 0 bridgehead atoms. The molecule has 2 aromatic heterocycles. The molecule has 4 rings (SSSR count). The van der Waals surface area contributed by atoms with Crippen LogP contribution >= 0.6 is 0 Å². The predicted molar refractivity (Wildman–Crippen MR) is 108 cm³/mol. The average Bonchev–Trinajstić information content (AvgIpc) is 3.30. The fourth-order valence-corrected chi connectivity index (χ4v) is 3.72. The van der Waals surface area contributed by atoms with Crippen molar-refractivity contribution in [3.8, 4) is 17.4 Å². The van der Waals surface area contributed by atoms with Crippen LogP contribution in [0.2, 0.25) is 0 Å². The van der Waals surface area contributed by atoms with Crippen LogP contribution in [0.3, 0.4) is 0 Å². The van der Waals surface area contributed by atoms with Crippen molar-refractivity contribution < 1.29 is 26.3 Å². The van der Waals surface area contributed by atoms with Gasteiger partial charge in [0, 0.05) is 24.1 Å². The van der Waals surface area contributed by atoms with Crippen LogP contribution in [-0.2, 0) is 16.2 Å². The molecule has 1 N–H and O–H groups in total. The Kier molecular flexibility index (Phi) is 5.53. The minimum absolute atomic E-state index is 0.206. The van der Waals surface area contributed by atoms with Crippen molar-refractivity contribution in [2.24, 2.45) is 0 Å². The third kappa shape index (κ3) is 4.86. The summed E-state index contributed by atoms with van der Waals surface area (Å²) in [5.74, 6) is 1.14. The number of anilines is 1. The Balaban J connectivity index is 1.45. The van der Waals surface area contributed by atoms with Crippen LogP contribution in [0, 0.1) is 0 Å². The lowest BCUT2D eigenvalue weighted by Crippen LogP contribution is -2.13. The third-order valence-corrected chi connectivity index (χ3v) is 5.58.